The van der Waals surface area contributed by atoms with Crippen LogP contribution in [0.5, 0.6) is 0 Å². The molecule has 17 heavy (non-hydrogen) atoms. The Labute approximate surface area is 104 Å². The quantitative estimate of drug-likeness (QED) is 0.719. The summed E-state index contributed by atoms with van der Waals surface area (Å²) in [4.78, 5) is 4.13. The van der Waals surface area contributed by atoms with Gasteiger partial charge in [0.05, 0.1) is 6.61 Å². The van der Waals surface area contributed by atoms with Gasteiger partial charge < -0.3 is 15.8 Å². The fraction of sp³-hybridized carbons (Fsp3) is 0.615. The van der Waals surface area contributed by atoms with E-state index in [9.17, 15) is 0 Å². The van der Waals surface area contributed by atoms with Crippen molar-refractivity contribution in [1.29, 1.82) is 0 Å². The third-order valence-corrected chi connectivity index (χ3v) is 2.79. The molecule has 0 aliphatic heterocycles. The van der Waals surface area contributed by atoms with Crippen molar-refractivity contribution in [3.63, 3.8) is 0 Å². The minimum atomic E-state index is 0.279. The lowest BCUT2D eigenvalue weighted by Gasteiger charge is -2.22. The Morgan fingerprint density at radius 3 is 2.94 bits per heavy atom. The highest BCUT2D eigenvalue weighted by atomic mass is 16.5. The van der Waals surface area contributed by atoms with Gasteiger partial charge in [-0.15, -0.1) is 0 Å². The third-order valence-electron chi connectivity index (χ3n) is 2.79. The van der Waals surface area contributed by atoms with Gasteiger partial charge in [0.25, 0.3) is 0 Å². The predicted octanol–water partition coefficient (Wildman–Crippen LogP) is 1.49. The van der Waals surface area contributed by atoms with Crippen molar-refractivity contribution in [3.05, 3.63) is 30.1 Å². The van der Waals surface area contributed by atoms with E-state index in [1.54, 1.807) is 13.3 Å². The van der Waals surface area contributed by atoms with Crippen LogP contribution in [0.15, 0.2) is 24.5 Å². The number of nitrogens with one attached hydrogen (secondary N) is 1. The lowest BCUT2D eigenvalue weighted by molar-refractivity contribution is 0.156. The smallest absolute Gasteiger partial charge is 0.0616 e. The van der Waals surface area contributed by atoms with Gasteiger partial charge in [-0.05, 0) is 37.9 Å². The van der Waals surface area contributed by atoms with Crippen molar-refractivity contribution in [2.75, 3.05) is 20.3 Å². The topological polar surface area (TPSA) is 60.2 Å². The fourth-order valence-corrected chi connectivity index (χ4v) is 1.86. The maximum Gasteiger partial charge on any atom is 0.0616 e. The van der Waals surface area contributed by atoms with Crippen LogP contribution in [-0.2, 0) is 4.74 Å². The molecule has 1 aromatic rings. The summed E-state index contributed by atoms with van der Waals surface area (Å²) in [5, 5.41) is 3.55. The summed E-state index contributed by atoms with van der Waals surface area (Å²) in [7, 11) is 1.73. The van der Waals surface area contributed by atoms with Gasteiger partial charge in [-0.1, -0.05) is 6.07 Å². The van der Waals surface area contributed by atoms with Gasteiger partial charge in [0, 0.05) is 31.6 Å². The van der Waals surface area contributed by atoms with Crippen LogP contribution in [0.1, 0.15) is 31.4 Å². The molecule has 0 radical (unpaired) electrons. The zero-order valence-corrected chi connectivity index (χ0v) is 10.7. The molecule has 1 heterocycles. The van der Waals surface area contributed by atoms with Crippen LogP contribution in [0.3, 0.4) is 0 Å². The summed E-state index contributed by atoms with van der Waals surface area (Å²) in [6.07, 6.45) is 5.73. The van der Waals surface area contributed by atoms with Gasteiger partial charge in [0.2, 0.25) is 0 Å². The van der Waals surface area contributed by atoms with Crippen molar-refractivity contribution in [2.24, 2.45) is 5.73 Å². The van der Waals surface area contributed by atoms with Crippen LogP contribution in [0.2, 0.25) is 0 Å². The van der Waals surface area contributed by atoms with Crippen LogP contribution in [0.4, 0.5) is 0 Å². The molecule has 4 nitrogen and oxygen atoms in total. The van der Waals surface area contributed by atoms with Gasteiger partial charge in [0.1, 0.15) is 0 Å². The minimum Gasteiger partial charge on any atom is -0.383 e. The Bertz CT molecular complexity index is 292. The van der Waals surface area contributed by atoms with Gasteiger partial charge >= 0.3 is 0 Å². The largest absolute Gasteiger partial charge is 0.383 e. The average molecular weight is 237 g/mol. The van der Waals surface area contributed by atoms with E-state index < -0.39 is 0 Å². The molecule has 0 aliphatic rings. The van der Waals surface area contributed by atoms with Gasteiger partial charge in [-0.2, -0.15) is 0 Å². The number of ether oxygens (including phenoxy) is 1. The first-order valence-electron chi connectivity index (χ1n) is 6.13. The summed E-state index contributed by atoms with van der Waals surface area (Å²) in [5.41, 5.74) is 6.73. The van der Waals surface area contributed by atoms with E-state index in [1.807, 2.05) is 12.3 Å². The number of methoxy groups -OCH3 is 1. The lowest BCUT2D eigenvalue weighted by Crippen LogP contribution is -2.35. The molecule has 1 rings (SSSR count). The highest BCUT2D eigenvalue weighted by molar-refractivity contribution is 5.12. The van der Waals surface area contributed by atoms with E-state index in [4.69, 9.17) is 10.5 Å². The van der Waals surface area contributed by atoms with Crippen molar-refractivity contribution in [3.8, 4) is 0 Å². The van der Waals surface area contributed by atoms with Crippen LogP contribution < -0.4 is 11.1 Å². The van der Waals surface area contributed by atoms with E-state index >= 15 is 0 Å². The zero-order valence-electron chi connectivity index (χ0n) is 10.7. The Balaban J connectivity index is 2.48. The molecule has 96 valence electrons. The van der Waals surface area contributed by atoms with Crippen molar-refractivity contribution >= 4 is 0 Å². The highest BCUT2D eigenvalue weighted by Gasteiger charge is 2.12. The fourth-order valence-electron chi connectivity index (χ4n) is 1.86. The first-order valence-corrected chi connectivity index (χ1v) is 6.13. The maximum atomic E-state index is 5.54. The summed E-state index contributed by atoms with van der Waals surface area (Å²) in [6.45, 7) is 3.58. The molecule has 1 unspecified atom stereocenters. The molecule has 0 saturated carbocycles. The van der Waals surface area contributed by atoms with Crippen LogP contribution in [-0.4, -0.2) is 31.3 Å². The second kappa shape index (κ2) is 8.17. The summed E-state index contributed by atoms with van der Waals surface area (Å²) < 4.78 is 5.22. The van der Waals surface area contributed by atoms with Crippen LogP contribution in [0, 0.1) is 0 Å². The van der Waals surface area contributed by atoms with E-state index in [2.05, 4.69) is 23.3 Å². The molecular formula is C13H23N3O. The Kier molecular flexibility index (Phi) is 6.77. The molecule has 0 saturated heterocycles. The average Bonchev–Trinajstić information content (AvgIpc) is 2.37. The molecule has 0 fully saturated rings. The molecular weight excluding hydrogens is 214 g/mol. The Morgan fingerprint density at radius 2 is 2.35 bits per heavy atom. The molecule has 0 aliphatic carbocycles. The molecule has 3 N–H and O–H groups in total. The molecule has 0 bridgehead atoms. The van der Waals surface area contributed by atoms with E-state index in [0.717, 1.165) is 19.4 Å². The number of nitrogens with zero attached hydrogens (tertiary/aromatic N) is 1. The number of hydrogen-bond acceptors (Lipinski definition) is 4. The highest BCUT2D eigenvalue weighted by Crippen LogP contribution is 2.12. The molecule has 0 aromatic carbocycles. The standard InChI is InChI=1S/C13H23N3O/c1-11(12-5-4-8-15-9-12)16-13(10-17-2)6-3-7-14/h4-5,8-9,11,13,16H,3,6-7,10,14H2,1-2H3/t11-,13?/m0/s1. The Morgan fingerprint density at radius 1 is 1.53 bits per heavy atom. The van der Waals surface area contributed by atoms with Crippen LogP contribution in [0.25, 0.3) is 0 Å². The van der Waals surface area contributed by atoms with E-state index in [-0.39, 0.29) is 6.04 Å². The van der Waals surface area contributed by atoms with Gasteiger partial charge in [0.15, 0.2) is 0 Å². The first kappa shape index (κ1) is 14.1. The molecule has 0 amide bonds. The van der Waals surface area contributed by atoms with Crippen LogP contribution >= 0.6 is 0 Å². The Hall–Kier alpha value is -0.970. The third kappa shape index (κ3) is 5.26. The first-order chi connectivity index (χ1) is 8.27. The minimum absolute atomic E-state index is 0.279. The maximum absolute atomic E-state index is 5.54. The molecule has 0 spiro atoms. The lowest BCUT2D eigenvalue weighted by atomic mass is 10.1. The molecule has 2 atom stereocenters. The van der Waals surface area contributed by atoms with Crippen molar-refractivity contribution < 1.29 is 4.74 Å². The van der Waals surface area contributed by atoms with E-state index in [0.29, 0.717) is 12.6 Å². The monoisotopic (exact) mass is 237 g/mol. The summed E-state index contributed by atoms with van der Waals surface area (Å²) >= 11 is 0. The molecule has 4 heteroatoms. The summed E-state index contributed by atoms with van der Waals surface area (Å²) in [6, 6.07) is 4.66. The van der Waals surface area contributed by atoms with Crippen molar-refractivity contribution in [1.82, 2.24) is 10.3 Å². The predicted molar refractivity (Wildman–Crippen MR) is 69.7 cm³/mol. The number of nitrogens with two attached hydrogens (primary N) is 1. The van der Waals surface area contributed by atoms with Gasteiger partial charge in [-0.25, -0.2) is 0 Å². The van der Waals surface area contributed by atoms with E-state index in [1.165, 1.54) is 5.56 Å². The second-order valence-corrected chi connectivity index (χ2v) is 4.26. The van der Waals surface area contributed by atoms with Gasteiger partial charge in [-0.3, -0.25) is 4.98 Å². The number of hydrogen-bond donors (Lipinski definition) is 2. The second-order valence-electron chi connectivity index (χ2n) is 4.26. The number of aromatic nitrogens is 1. The summed E-state index contributed by atoms with van der Waals surface area (Å²) in [5.74, 6) is 0. The zero-order chi connectivity index (χ0) is 12.5. The van der Waals surface area contributed by atoms with Crippen molar-refractivity contribution in [2.45, 2.75) is 31.8 Å². The number of pyridine rings is 1. The number of rotatable bonds is 8. The molecule has 1 aromatic heterocycles. The normalized spacial score (nSPS) is 14.5. The SMILES string of the molecule is COCC(CCCN)N[C@@H](C)c1cccnc1.